The molecule has 0 heterocycles. The number of hydrogen-bond donors (Lipinski definition) is 1. The molecule has 0 unspecified atom stereocenters. The van der Waals surface area contributed by atoms with Gasteiger partial charge in [0.05, 0.1) is 27.3 Å². The number of nitriles is 1. The number of halogens is 1. The van der Waals surface area contributed by atoms with Crippen LogP contribution in [0.4, 0.5) is 11.4 Å². The van der Waals surface area contributed by atoms with Gasteiger partial charge in [0.25, 0.3) is 11.6 Å². The average molecular weight is 302 g/mol. The first-order valence-corrected chi connectivity index (χ1v) is 6.14. The maximum atomic E-state index is 12.0. The topological polar surface area (TPSA) is 96.0 Å². The molecule has 0 fully saturated rings. The van der Waals surface area contributed by atoms with Crippen LogP contribution in [-0.2, 0) is 0 Å². The van der Waals surface area contributed by atoms with Gasteiger partial charge in [-0.15, -0.1) is 0 Å². The van der Waals surface area contributed by atoms with Crippen molar-refractivity contribution in [2.75, 3.05) is 5.32 Å². The molecule has 0 saturated carbocycles. The Morgan fingerprint density at radius 3 is 2.67 bits per heavy atom. The maximum absolute atomic E-state index is 12.0. The fraction of sp³-hybridized carbons (Fsp3) is 0. The summed E-state index contributed by atoms with van der Waals surface area (Å²) in [6.07, 6.45) is 0. The molecule has 0 atom stereocenters. The summed E-state index contributed by atoms with van der Waals surface area (Å²) in [5, 5.41) is 22.2. The third-order valence-corrected chi connectivity index (χ3v) is 2.98. The monoisotopic (exact) mass is 301 g/mol. The minimum absolute atomic E-state index is 0.143. The number of anilines is 1. The molecule has 0 spiro atoms. The summed E-state index contributed by atoms with van der Waals surface area (Å²) < 4.78 is 0. The quantitative estimate of drug-likeness (QED) is 0.694. The molecule has 0 saturated heterocycles. The molecule has 0 aliphatic carbocycles. The number of hydrogen-bond acceptors (Lipinski definition) is 4. The van der Waals surface area contributed by atoms with Crippen molar-refractivity contribution in [2.24, 2.45) is 0 Å². The fourth-order valence-electron chi connectivity index (χ4n) is 1.64. The van der Waals surface area contributed by atoms with Crippen molar-refractivity contribution in [1.29, 1.82) is 5.26 Å². The van der Waals surface area contributed by atoms with Crippen molar-refractivity contribution in [3.05, 3.63) is 68.7 Å². The van der Waals surface area contributed by atoms with E-state index in [0.717, 1.165) is 0 Å². The van der Waals surface area contributed by atoms with Crippen LogP contribution in [-0.4, -0.2) is 10.8 Å². The minimum Gasteiger partial charge on any atom is -0.321 e. The summed E-state index contributed by atoms with van der Waals surface area (Å²) in [4.78, 5) is 22.1. The van der Waals surface area contributed by atoms with Gasteiger partial charge in [0.15, 0.2) is 0 Å². The van der Waals surface area contributed by atoms with Crippen molar-refractivity contribution in [2.45, 2.75) is 0 Å². The number of benzene rings is 2. The maximum Gasteiger partial charge on any atom is 0.270 e. The highest BCUT2D eigenvalue weighted by Gasteiger charge is 2.13. The Labute approximate surface area is 124 Å². The lowest BCUT2D eigenvalue weighted by atomic mass is 10.1. The van der Waals surface area contributed by atoms with Crippen molar-refractivity contribution in [3.63, 3.8) is 0 Å². The lowest BCUT2D eigenvalue weighted by molar-refractivity contribution is -0.384. The van der Waals surface area contributed by atoms with Crippen molar-refractivity contribution in [3.8, 4) is 6.07 Å². The molecule has 2 aromatic rings. The van der Waals surface area contributed by atoms with Crippen LogP contribution in [0.25, 0.3) is 0 Å². The van der Waals surface area contributed by atoms with E-state index in [4.69, 9.17) is 16.9 Å². The normalized spacial score (nSPS) is 9.71. The Bertz CT molecular complexity index is 768. The van der Waals surface area contributed by atoms with E-state index in [1.54, 1.807) is 0 Å². The van der Waals surface area contributed by atoms with E-state index in [2.05, 4.69) is 5.32 Å². The van der Waals surface area contributed by atoms with Gasteiger partial charge in [-0.2, -0.15) is 5.26 Å². The Balaban J connectivity index is 2.24. The van der Waals surface area contributed by atoms with Crippen molar-refractivity contribution in [1.82, 2.24) is 0 Å². The van der Waals surface area contributed by atoms with Crippen LogP contribution in [0.15, 0.2) is 42.5 Å². The van der Waals surface area contributed by atoms with E-state index in [0.29, 0.717) is 11.3 Å². The van der Waals surface area contributed by atoms with E-state index in [1.165, 1.54) is 42.5 Å². The number of carbonyl (C=O) groups is 1. The second-order valence-electron chi connectivity index (χ2n) is 4.07. The third-order valence-electron chi connectivity index (χ3n) is 2.67. The number of nitro groups is 1. The molecule has 21 heavy (non-hydrogen) atoms. The Morgan fingerprint density at radius 1 is 1.29 bits per heavy atom. The van der Waals surface area contributed by atoms with Crippen LogP contribution in [0.3, 0.4) is 0 Å². The highest BCUT2D eigenvalue weighted by Crippen LogP contribution is 2.24. The summed E-state index contributed by atoms with van der Waals surface area (Å²) in [7, 11) is 0. The summed E-state index contributed by atoms with van der Waals surface area (Å²) in [6, 6.07) is 11.7. The standard InChI is InChI=1S/C14H8ClN3O3/c15-12-6-9(8-16)4-5-13(12)17-14(19)10-2-1-3-11(7-10)18(20)21/h1-7H,(H,17,19). The van der Waals surface area contributed by atoms with Gasteiger partial charge in [0, 0.05) is 17.7 Å². The van der Waals surface area contributed by atoms with E-state index < -0.39 is 10.8 Å². The first kappa shape index (κ1) is 14.5. The van der Waals surface area contributed by atoms with Gasteiger partial charge in [-0.25, -0.2) is 0 Å². The van der Waals surface area contributed by atoms with Crippen LogP contribution in [0.2, 0.25) is 5.02 Å². The molecule has 0 radical (unpaired) electrons. The van der Waals surface area contributed by atoms with Crippen LogP contribution < -0.4 is 5.32 Å². The highest BCUT2D eigenvalue weighted by atomic mass is 35.5. The molecule has 0 bridgehead atoms. The minimum atomic E-state index is -0.578. The number of nitro benzene ring substituents is 1. The van der Waals surface area contributed by atoms with E-state index in [-0.39, 0.29) is 16.3 Å². The van der Waals surface area contributed by atoms with Gasteiger partial charge >= 0.3 is 0 Å². The van der Waals surface area contributed by atoms with Gasteiger partial charge < -0.3 is 5.32 Å². The first-order chi connectivity index (χ1) is 10.0. The molecular weight excluding hydrogens is 294 g/mol. The zero-order chi connectivity index (χ0) is 15.4. The van der Waals surface area contributed by atoms with E-state index in [9.17, 15) is 14.9 Å². The summed E-state index contributed by atoms with van der Waals surface area (Å²) >= 11 is 5.95. The summed E-state index contributed by atoms with van der Waals surface area (Å²) in [5.74, 6) is -0.523. The van der Waals surface area contributed by atoms with E-state index in [1.807, 2.05) is 6.07 Å². The zero-order valence-corrected chi connectivity index (χ0v) is 11.3. The molecule has 1 N–H and O–H groups in total. The molecule has 0 aliphatic heterocycles. The fourth-order valence-corrected chi connectivity index (χ4v) is 1.87. The van der Waals surface area contributed by atoms with Crippen LogP contribution in [0.1, 0.15) is 15.9 Å². The molecule has 2 rings (SSSR count). The molecule has 6 nitrogen and oxygen atoms in total. The number of carbonyl (C=O) groups excluding carboxylic acids is 1. The predicted molar refractivity (Wildman–Crippen MR) is 77.2 cm³/mol. The van der Waals surface area contributed by atoms with Gasteiger partial charge in [0.2, 0.25) is 0 Å². The molecule has 104 valence electrons. The molecule has 2 aromatic carbocycles. The number of nitrogens with zero attached hydrogens (tertiary/aromatic N) is 2. The Hall–Kier alpha value is -2.91. The van der Waals surface area contributed by atoms with Crippen LogP contribution >= 0.6 is 11.6 Å². The number of amides is 1. The second-order valence-corrected chi connectivity index (χ2v) is 4.48. The second kappa shape index (κ2) is 6.03. The van der Waals surface area contributed by atoms with Gasteiger partial charge in [-0.3, -0.25) is 14.9 Å². The molecule has 7 heteroatoms. The van der Waals surface area contributed by atoms with Gasteiger partial charge in [-0.1, -0.05) is 17.7 Å². The third kappa shape index (κ3) is 3.35. The molecule has 0 aliphatic rings. The SMILES string of the molecule is N#Cc1ccc(NC(=O)c2cccc([N+](=O)[O-])c2)c(Cl)c1. The van der Waals surface area contributed by atoms with Gasteiger partial charge in [-0.05, 0) is 24.3 Å². The van der Waals surface area contributed by atoms with Crippen molar-refractivity contribution >= 4 is 28.9 Å². The summed E-state index contributed by atoms with van der Waals surface area (Å²) in [5.41, 5.74) is 0.665. The number of non-ortho nitro benzene ring substituents is 1. The molecule has 1 amide bonds. The van der Waals surface area contributed by atoms with Crippen LogP contribution in [0, 0.1) is 21.4 Å². The average Bonchev–Trinajstić information content (AvgIpc) is 2.49. The Morgan fingerprint density at radius 2 is 2.05 bits per heavy atom. The van der Waals surface area contributed by atoms with Gasteiger partial charge in [0.1, 0.15) is 0 Å². The summed E-state index contributed by atoms with van der Waals surface area (Å²) in [6.45, 7) is 0. The number of nitrogens with one attached hydrogen (secondary N) is 1. The first-order valence-electron chi connectivity index (χ1n) is 5.76. The van der Waals surface area contributed by atoms with E-state index >= 15 is 0 Å². The predicted octanol–water partition coefficient (Wildman–Crippen LogP) is 3.37. The van der Waals surface area contributed by atoms with Crippen molar-refractivity contribution < 1.29 is 9.72 Å². The smallest absolute Gasteiger partial charge is 0.270 e. The Kier molecular flexibility index (Phi) is 4.16. The molecule has 0 aromatic heterocycles. The zero-order valence-electron chi connectivity index (χ0n) is 10.5. The highest BCUT2D eigenvalue weighted by molar-refractivity contribution is 6.34. The molecular formula is C14H8ClN3O3. The number of rotatable bonds is 3. The lowest BCUT2D eigenvalue weighted by Gasteiger charge is -2.07. The van der Waals surface area contributed by atoms with Crippen LogP contribution in [0.5, 0.6) is 0 Å². The largest absolute Gasteiger partial charge is 0.321 e. The lowest BCUT2D eigenvalue weighted by Crippen LogP contribution is -2.12.